The van der Waals surface area contributed by atoms with Gasteiger partial charge in [-0.3, -0.25) is 18.7 Å². The van der Waals surface area contributed by atoms with Crippen LogP contribution in [-0.4, -0.2) is 37.0 Å². The minimum atomic E-state index is -1.28. The summed E-state index contributed by atoms with van der Waals surface area (Å²) in [6.07, 6.45) is -0.167. The lowest BCUT2D eigenvalue weighted by Crippen LogP contribution is -2.32. The van der Waals surface area contributed by atoms with E-state index in [9.17, 15) is 23.5 Å². The standard InChI is InChI=1S/C17H15BrF2N4O4/c1-23-15-12(16(27)24(7-21-15)5-9(26)6-25)14(13(20)17(23)28)22-11-3-2-8(18)4-10(11)19/h2-4,7,9,22,25-26H,5-6H2,1H3/t9-/m0/s1. The van der Waals surface area contributed by atoms with Gasteiger partial charge in [-0.2, -0.15) is 4.39 Å². The Morgan fingerprint density at radius 1 is 1.29 bits per heavy atom. The Balaban J connectivity index is 2.29. The zero-order valence-electron chi connectivity index (χ0n) is 14.5. The van der Waals surface area contributed by atoms with Crippen molar-refractivity contribution in [2.45, 2.75) is 12.6 Å². The lowest BCUT2D eigenvalue weighted by molar-refractivity contribution is 0.0802. The Bertz CT molecular complexity index is 1180. The summed E-state index contributed by atoms with van der Waals surface area (Å²) in [5, 5.41) is 20.7. The molecule has 0 saturated carbocycles. The van der Waals surface area contributed by atoms with Crippen molar-refractivity contribution in [1.29, 1.82) is 0 Å². The van der Waals surface area contributed by atoms with Crippen LogP contribution in [0, 0.1) is 11.6 Å². The third-order valence-corrected chi connectivity index (χ3v) is 4.60. The molecule has 0 amide bonds. The smallest absolute Gasteiger partial charge is 0.290 e. The lowest BCUT2D eigenvalue weighted by atomic mass is 10.2. The maximum absolute atomic E-state index is 14.7. The molecule has 1 atom stereocenters. The maximum Gasteiger partial charge on any atom is 0.290 e. The van der Waals surface area contributed by atoms with Gasteiger partial charge in [0.15, 0.2) is 5.65 Å². The van der Waals surface area contributed by atoms with Crippen molar-refractivity contribution in [3.63, 3.8) is 0 Å². The highest BCUT2D eigenvalue weighted by atomic mass is 79.9. The molecule has 2 aromatic heterocycles. The van der Waals surface area contributed by atoms with Crippen molar-refractivity contribution >= 4 is 38.3 Å². The van der Waals surface area contributed by atoms with Gasteiger partial charge in [0.25, 0.3) is 11.1 Å². The number of aromatic nitrogens is 3. The number of nitrogens with zero attached hydrogens (tertiary/aromatic N) is 3. The average molecular weight is 457 g/mol. The molecule has 0 aliphatic rings. The summed E-state index contributed by atoms with van der Waals surface area (Å²) < 4.78 is 31.2. The van der Waals surface area contributed by atoms with E-state index < -0.39 is 41.2 Å². The van der Waals surface area contributed by atoms with Crippen LogP contribution in [0.15, 0.2) is 38.6 Å². The average Bonchev–Trinajstić information content (AvgIpc) is 2.66. The summed E-state index contributed by atoms with van der Waals surface area (Å²) in [5.41, 5.74) is -2.61. The molecule has 0 saturated heterocycles. The molecule has 11 heteroatoms. The first kappa shape index (κ1) is 20.1. The molecule has 0 bridgehead atoms. The molecule has 2 heterocycles. The first-order valence-electron chi connectivity index (χ1n) is 8.03. The number of rotatable bonds is 5. The van der Waals surface area contributed by atoms with E-state index in [1.807, 2.05) is 0 Å². The minimum Gasteiger partial charge on any atom is -0.394 e. The normalized spacial score (nSPS) is 12.4. The molecule has 148 valence electrons. The number of pyridine rings is 1. The van der Waals surface area contributed by atoms with Gasteiger partial charge in [0.1, 0.15) is 17.5 Å². The second kappa shape index (κ2) is 7.78. The molecule has 1 aromatic carbocycles. The van der Waals surface area contributed by atoms with E-state index in [2.05, 4.69) is 26.2 Å². The van der Waals surface area contributed by atoms with E-state index in [4.69, 9.17) is 5.11 Å². The predicted octanol–water partition coefficient (Wildman–Crippen LogP) is 1.23. The van der Waals surface area contributed by atoms with Crippen LogP contribution >= 0.6 is 15.9 Å². The second-order valence-electron chi connectivity index (χ2n) is 6.04. The number of fused-ring (bicyclic) bond motifs is 1. The van der Waals surface area contributed by atoms with Crippen LogP contribution in [0.2, 0.25) is 0 Å². The van der Waals surface area contributed by atoms with Gasteiger partial charge in [-0.05, 0) is 18.2 Å². The highest BCUT2D eigenvalue weighted by Gasteiger charge is 2.21. The van der Waals surface area contributed by atoms with E-state index in [1.54, 1.807) is 0 Å². The van der Waals surface area contributed by atoms with Crippen molar-refractivity contribution in [2.75, 3.05) is 11.9 Å². The van der Waals surface area contributed by atoms with Gasteiger partial charge < -0.3 is 15.5 Å². The fourth-order valence-corrected chi connectivity index (χ4v) is 3.00. The third-order valence-electron chi connectivity index (χ3n) is 4.11. The van der Waals surface area contributed by atoms with Gasteiger partial charge in [0.05, 0.1) is 30.6 Å². The van der Waals surface area contributed by atoms with E-state index in [1.165, 1.54) is 19.2 Å². The van der Waals surface area contributed by atoms with Crippen molar-refractivity contribution in [3.8, 4) is 0 Å². The van der Waals surface area contributed by atoms with E-state index in [0.717, 1.165) is 21.5 Å². The highest BCUT2D eigenvalue weighted by Crippen LogP contribution is 2.27. The van der Waals surface area contributed by atoms with Gasteiger partial charge in [0.2, 0.25) is 5.82 Å². The summed E-state index contributed by atoms with van der Waals surface area (Å²) in [4.78, 5) is 29.0. The molecule has 3 N–H and O–H groups in total. The van der Waals surface area contributed by atoms with Gasteiger partial charge in [-0.25, -0.2) is 9.37 Å². The molecule has 3 aromatic rings. The van der Waals surface area contributed by atoms with Crippen LogP contribution in [0.25, 0.3) is 11.0 Å². The summed E-state index contributed by atoms with van der Waals surface area (Å²) in [6.45, 7) is -0.893. The molecule has 3 rings (SSSR count). The van der Waals surface area contributed by atoms with Crippen LogP contribution in [-0.2, 0) is 13.6 Å². The molecule has 8 nitrogen and oxygen atoms in total. The van der Waals surface area contributed by atoms with Crippen LogP contribution < -0.4 is 16.4 Å². The lowest BCUT2D eigenvalue weighted by Gasteiger charge is -2.15. The van der Waals surface area contributed by atoms with Gasteiger partial charge in [0, 0.05) is 11.5 Å². The summed E-state index contributed by atoms with van der Waals surface area (Å²) >= 11 is 3.11. The first-order chi connectivity index (χ1) is 13.2. The van der Waals surface area contributed by atoms with E-state index in [-0.39, 0.29) is 23.3 Å². The molecular formula is C17H15BrF2N4O4. The summed E-state index contributed by atoms with van der Waals surface area (Å²) in [6, 6.07) is 3.95. The molecule has 0 aliphatic carbocycles. The predicted molar refractivity (Wildman–Crippen MR) is 102 cm³/mol. The molecule has 28 heavy (non-hydrogen) atoms. The van der Waals surface area contributed by atoms with Crippen molar-refractivity contribution < 1.29 is 19.0 Å². The Hall–Kier alpha value is -2.63. The van der Waals surface area contributed by atoms with Crippen LogP contribution in [0.3, 0.4) is 0 Å². The molecule has 0 radical (unpaired) electrons. The minimum absolute atomic E-state index is 0.119. The number of anilines is 2. The molecule has 0 aliphatic heterocycles. The van der Waals surface area contributed by atoms with E-state index >= 15 is 0 Å². The topological polar surface area (TPSA) is 109 Å². The highest BCUT2D eigenvalue weighted by molar-refractivity contribution is 9.10. The molecule has 0 fully saturated rings. The molecule has 0 unspecified atom stereocenters. The number of benzene rings is 1. The van der Waals surface area contributed by atoms with Crippen molar-refractivity contribution in [2.24, 2.45) is 7.05 Å². The largest absolute Gasteiger partial charge is 0.394 e. The number of aryl methyl sites for hydroxylation is 1. The summed E-state index contributed by atoms with van der Waals surface area (Å²) in [7, 11) is 1.25. The quantitative estimate of drug-likeness (QED) is 0.532. The van der Waals surface area contributed by atoms with E-state index in [0.29, 0.717) is 4.47 Å². The number of nitrogens with one attached hydrogen (secondary N) is 1. The maximum atomic E-state index is 14.7. The molecular weight excluding hydrogens is 442 g/mol. The van der Waals surface area contributed by atoms with Gasteiger partial charge in [-0.1, -0.05) is 15.9 Å². The van der Waals surface area contributed by atoms with Gasteiger partial charge in [-0.15, -0.1) is 0 Å². The number of hydrogen-bond donors (Lipinski definition) is 3. The number of hydrogen-bond acceptors (Lipinski definition) is 6. The first-order valence-corrected chi connectivity index (χ1v) is 8.82. The zero-order chi connectivity index (χ0) is 20.6. The van der Waals surface area contributed by atoms with Crippen molar-refractivity contribution in [1.82, 2.24) is 14.1 Å². The Labute approximate surface area is 164 Å². The number of halogens is 3. The SMILES string of the molecule is Cn1c(=O)c(F)c(Nc2ccc(Br)cc2F)c2c(=O)n(C[C@H](O)CO)cnc21. The van der Waals surface area contributed by atoms with Crippen molar-refractivity contribution in [3.05, 3.63) is 61.3 Å². The fraction of sp³-hybridized carbons (Fsp3) is 0.235. The monoisotopic (exact) mass is 456 g/mol. The Kier molecular flexibility index (Phi) is 5.59. The number of aliphatic hydroxyl groups is 2. The Morgan fingerprint density at radius 2 is 2.00 bits per heavy atom. The Morgan fingerprint density at radius 3 is 2.64 bits per heavy atom. The second-order valence-corrected chi connectivity index (χ2v) is 6.96. The van der Waals surface area contributed by atoms with Crippen LogP contribution in [0.4, 0.5) is 20.2 Å². The van der Waals surface area contributed by atoms with Crippen LogP contribution in [0.1, 0.15) is 0 Å². The third kappa shape index (κ3) is 3.55. The zero-order valence-corrected chi connectivity index (χ0v) is 16.1. The van der Waals surface area contributed by atoms with Crippen LogP contribution in [0.5, 0.6) is 0 Å². The number of aliphatic hydroxyl groups excluding tert-OH is 2. The summed E-state index contributed by atoms with van der Waals surface area (Å²) in [5.74, 6) is -2.01. The molecule has 0 spiro atoms. The fourth-order valence-electron chi connectivity index (χ4n) is 2.67. The van der Waals surface area contributed by atoms with Gasteiger partial charge >= 0.3 is 0 Å².